The number of carbonyl (C=O) groups is 1. The van der Waals surface area contributed by atoms with E-state index in [2.05, 4.69) is 15.1 Å². The zero-order valence-electron chi connectivity index (χ0n) is 16.5. The van der Waals surface area contributed by atoms with Gasteiger partial charge < -0.3 is 10.2 Å². The third-order valence-electron chi connectivity index (χ3n) is 5.54. The molecule has 0 radical (unpaired) electrons. The van der Waals surface area contributed by atoms with Crippen molar-refractivity contribution in [1.29, 1.82) is 0 Å². The fraction of sp³-hybridized carbons (Fsp3) is 0.292. The summed E-state index contributed by atoms with van der Waals surface area (Å²) >= 11 is 0. The maximum atomic E-state index is 13.1. The molecule has 1 saturated heterocycles. The van der Waals surface area contributed by atoms with Crippen LogP contribution >= 0.6 is 0 Å². The number of nitrogens with one attached hydrogen (secondary N) is 1. The highest BCUT2D eigenvalue weighted by atomic mass is 19.1. The third kappa shape index (κ3) is 4.74. The highest BCUT2D eigenvalue weighted by Crippen LogP contribution is 2.19. The van der Waals surface area contributed by atoms with E-state index in [1.165, 1.54) is 12.1 Å². The molecule has 0 aromatic heterocycles. The summed E-state index contributed by atoms with van der Waals surface area (Å²) in [4.78, 5) is 17.3. The van der Waals surface area contributed by atoms with Gasteiger partial charge >= 0.3 is 0 Å². The van der Waals surface area contributed by atoms with Gasteiger partial charge in [-0.2, -0.15) is 0 Å². The van der Waals surface area contributed by atoms with Crippen LogP contribution in [0, 0.1) is 5.82 Å². The van der Waals surface area contributed by atoms with E-state index in [-0.39, 0.29) is 11.7 Å². The standard InChI is InChI=1S/C24H26FN3O/c25-20-9-11-21(12-10-20)28-17-15-27(16-18-28)14-4-13-26-24(29)23-8-3-6-19-5-1-2-7-22(19)23/h1-3,5-12H,4,13-18H2,(H,26,29). The second-order valence-corrected chi connectivity index (χ2v) is 7.44. The number of amides is 1. The van der Waals surface area contributed by atoms with Crippen LogP contribution in [-0.4, -0.2) is 50.1 Å². The number of nitrogens with zero attached hydrogens (tertiary/aromatic N) is 2. The lowest BCUT2D eigenvalue weighted by atomic mass is 10.0. The Morgan fingerprint density at radius 3 is 2.41 bits per heavy atom. The van der Waals surface area contributed by atoms with E-state index in [1.807, 2.05) is 54.6 Å². The van der Waals surface area contributed by atoms with Crippen molar-refractivity contribution in [3.05, 3.63) is 78.1 Å². The van der Waals surface area contributed by atoms with Gasteiger partial charge in [-0.1, -0.05) is 36.4 Å². The van der Waals surface area contributed by atoms with E-state index in [0.29, 0.717) is 6.54 Å². The molecule has 4 nitrogen and oxygen atoms in total. The van der Waals surface area contributed by atoms with Crippen LogP contribution in [0.1, 0.15) is 16.8 Å². The lowest BCUT2D eigenvalue weighted by molar-refractivity contribution is 0.0953. The van der Waals surface area contributed by atoms with E-state index in [0.717, 1.165) is 61.2 Å². The number of fused-ring (bicyclic) bond motifs is 1. The average Bonchev–Trinajstić information content (AvgIpc) is 2.77. The van der Waals surface area contributed by atoms with Gasteiger partial charge in [-0.3, -0.25) is 9.69 Å². The van der Waals surface area contributed by atoms with Crippen molar-refractivity contribution in [3.8, 4) is 0 Å². The Morgan fingerprint density at radius 2 is 1.62 bits per heavy atom. The molecule has 0 aliphatic carbocycles. The Bertz CT molecular complexity index is 960. The molecular weight excluding hydrogens is 365 g/mol. The molecule has 1 aliphatic rings. The lowest BCUT2D eigenvalue weighted by Gasteiger charge is -2.36. The molecule has 3 aromatic rings. The van der Waals surface area contributed by atoms with Gasteiger partial charge in [-0.15, -0.1) is 0 Å². The first kappa shape index (κ1) is 19.4. The number of benzene rings is 3. The van der Waals surface area contributed by atoms with E-state index in [9.17, 15) is 9.18 Å². The first-order valence-electron chi connectivity index (χ1n) is 10.2. The van der Waals surface area contributed by atoms with E-state index < -0.39 is 0 Å². The van der Waals surface area contributed by atoms with Crippen LogP contribution in [0.5, 0.6) is 0 Å². The molecule has 1 aliphatic heterocycles. The summed E-state index contributed by atoms with van der Waals surface area (Å²) in [5.74, 6) is -0.208. The van der Waals surface area contributed by atoms with Crippen molar-refractivity contribution in [1.82, 2.24) is 10.2 Å². The minimum atomic E-state index is -0.196. The molecule has 29 heavy (non-hydrogen) atoms. The second kappa shape index (κ2) is 9.05. The molecule has 1 amide bonds. The number of carbonyl (C=O) groups excluding carboxylic acids is 1. The summed E-state index contributed by atoms with van der Waals surface area (Å²) in [5, 5.41) is 5.13. The van der Waals surface area contributed by atoms with Crippen molar-refractivity contribution in [2.75, 3.05) is 44.2 Å². The molecule has 0 atom stereocenters. The highest BCUT2D eigenvalue weighted by molar-refractivity contribution is 6.06. The molecule has 0 unspecified atom stereocenters. The molecular formula is C24H26FN3O. The van der Waals surface area contributed by atoms with Crippen molar-refractivity contribution < 1.29 is 9.18 Å². The van der Waals surface area contributed by atoms with Gasteiger partial charge in [0.2, 0.25) is 0 Å². The molecule has 5 heteroatoms. The van der Waals surface area contributed by atoms with Crippen LogP contribution in [-0.2, 0) is 0 Å². The number of rotatable bonds is 6. The molecule has 1 heterocycles. The van der Waals surface area contributed by atoms with Crippen LogP contribution in [0.25, 0.3) is 10.8 Å². The molecule has 4 rings (SSSR count). The Hall–Kier alpha value is -2.92. The second-order valence-electron chi connectivity index (χ2n) is 7.44. The van der Waals surface area contributed by atoms with Crippen LogP contribution in [0.4, 0.5) is 10.1 Å². The molecule has 1 fully saturated rings. The smallest absolute Gasteiger partial charge is 0.251 e. The molecule has 1 N–H and O–H groups in total. The average molecular weight is 391 g/mol. The van der Waals surface area contributed by atoms with Gasteiger partial charge in [0.15, 0.2) is 0 Å². The monoisotopic (exact) mass is 391 g/mol. The van der Waals surface area contributed by atoms with Gasteiger partial charge in [0.1, 0.15) is 5.82 Å². The van der Waals surface area contributed by atoms with Gasteiger partial charge in [0, 0.05) is 44.0 Å². The Morgan fingerprint density at radius 1 is 0.897 bits per heavy atom. The minimum absolute atomic E-state index is 0.0112. The molecule has 0 saturated carbocycles. The predicted molar refractivity (Wildman–Crippen MR) is 116 cm³/mol. The lowest BCUT2D eigenvalue weighted by Crippen LogP contribution is -2.47. The SMILES string of the molecule is O=C(NCCCN1CCN(c2ccc(F)cc2)CC1)c1cccc2ccccc12. The molecule has 0 bridgehead atoms. The summed E-state index contributed by atoms with van der Waals surface area (Å²) in [6.07, 6.45) is 0.924. The fourth-order valence-electron chi connectivity index (χ4n) is 3.90. The maximum absolute atomic E-state index is 13.1. The van der Waals surface area contributed by atoms with Crippen molar-refractivity contribution in [2.45, 2.75) is 6.42 Å². The quantitative estimate of drug-likeness (QED) is 0.647. The third-order valence-corrected chi connectivity index (χ3v) is 5.54. The number of hydrogen-bond acceptors (Lipinski definition) is 3. The first-order chi connectivity index (χ1) is 14.2. The highest BCUT2D eigenvalue weighted by Gasteiger charge is 2.17. The largest absolute Gasteiger partial charge is 0.369 e. The molecule has 3 aromatic carbocycles. The van der Waals surface area contributed by atoms with Crippen molar-refractivity contribution >= 4 is 22.4 Å². The number of piperazine rings is 1. The van der Waals surface area contributed by atoms with Crippen molar-refractivity contribution in [3.63, 3.8) is 0 Å². The fourth-order valence-corrected chi connectivity index (χ4v) is 3.90. The Balaban J connectivity index is 1.21. The summed E-state index contributed by atoms with van der Waals surface area (Å²) in [7, 11) is 0. The first-order valence-corrected chi connectivity index (χ1v) is 10.2. The Labute approximate surface area is 170 Å². The van der Waals surface area contributed by atoms with Gasteiger partial charge in [0.25, 0.3) is 5.91 Å². The number of halogens is 1. The topological polar surface area (TPSA) is 35.6 Å². The molecule has 0 spiro atoms. The van der Waals surface area contributed by atoms with Crippen LogP contribution in [0.2, 0.25) is 0 Å². The van der Waals surface area contributed by atoms with Gasteiger partial charge in [-0.25, -0.2) is 4.39 Å². The van der Waals surface area contributed by atoms with E-state index >= 15 is 0 Å². The van der Waals surface area contributed by atoms with Crippen molar-refractivity contribution in [2.24, 2.45) is 0 Å². The Kier molecular flexibility index (Phi) is 6.06. The van der Waals surface area contributed by atoms with Gasteiger partial charge in [0.05, 0.1) is 0 Å². The minimum Gasteiger partial charge on any atom is -0.369 e. The molecule has 150 valence electrons. The van der Waals surface area contributed by atoms with Crippen LogP contribution in [0.15, 0.2) is 66.7 Å². The zero-order valence-corrected chi connectivity index (χ0v) is 16.5. The number of hydrogen-bond donors (Lipinski definition) is 1. The maximum Gasteiger partial charge on any atom is 0.251 e. The zero-order chi connectivity index (χ0) is 20.1. The number of anilines is 1. The predicted octanol–water partition coefficient (Wildman–Crippen LogP) is 3.92. The van der Waals surface area contributed by atoms with Crippen LogP contribution < -0.4 is 10.2 Å². The van der Waals surface area contributed by atoms with E-state index in [4.69, 9.17) is 0 Å². The van der Waals surface area contributed by atoms with Gasteiger partial charge in [-0.05, 0) is 54.1 Å². The summed E-state index contributed by atoms with van der Waals surface area (Å²) < 4.78 is 13.1. The van der Waals surface area contributed by atoms with Crippen LogP contribution in [0.3, 0.4) is 0 Å². The summed E-state index contributed by atoms with van der Waals surface area (Å²) in [6, 6.07) is 20.5. The summed E-state index contributed by atoms with van der Waals surface area (Å²) in [5.41, 5.74) is 1.81. The van der Waals surface area contributed by atoms with E-state index in [1.54, 1.807) is 0 Å². The normalized spacial score (nSPS) is 14.9. The summed E-state index contributed by atoms with van der Waals surface area (Å²) in [6.45, 7) is 5.47.